The van der Waals surface area contributed by atoms with Gasteiger partial charge in [-0.3, -0.25) is 4.79 Å². The van der Waals surface area contributed by atoms with Gasteiger partial charge in [-0.2, -0.15) is 0 Å². The van der Waals surface area contributed by atoms with Gasteiger partial charge in [0.1, 0.15) is 11.2 Å². The summed E-state index contributed by atoms with van der Waals surface area (Å²) in [6.07, 6.45) is 6.90. The van der Waals surface area contributed by atoms with Gasteiger partial charge in [0.25, 0.3) is 5.91 Å². The highest BCUT2D eigenvalue weighted by molar-refractivity contribution is 5.98. The van der Waals surface area contributed by atoms with E-state index in [1.165, 1.54) is 0 Å². The molecular weight excluding hydrogens is 608 g/mol. The van der Waals surface area contributed by atoms with Crippen LogP contribution in [0.2, 0.25) is 0 Å². The van der Waals surface area contributed by atoms with Crippen molar-refractivity contribution in [3.63, 3.8) is 0 Å². The number of amides is 2. The first-order valence-electron chi connectivity index (χ1n) is 17.5. The van der Waals surface area contributed by atoms with E-state index < -0.39 is 11.2 Å². The summed E-state index contributed by atoms with van der Waals surface area (Å²) in [4.78, 5) is 36.2. The number of aromatic nitrogens is 2. The molecule has 2 unspecified atom stereocenters. The van der Waals surface area contributed by atoms with Crippen molar-refractivity contribution >= 4 is 12.0 Å². The Bertz CT molecular complexity index is 1520. The number of carbonyl (C=O) groups is 2. The average molecular weight is 659 g/mol. The molecular formula is C38H50N4O6. The van der Waals surface area contributed by atoms with Crippen LogP contribution in [0.5, 0.6) is 0 Å². The highest BCUT2D eigenvalue weighted by Gasteiger charge is 2.44. The molecule has 48 heavy (non-hydrogen) atoms. The molecule has 0 spiro atoms. The summed E-state index contributed by atoms with van der Waals surface area (Å²) in [6, 6.07) is 19.3. The molecule has 0 radical (unpaired) electrons. The molecule has 2 saturated heterocycles. The van der Waals surface area contributed by atoms with Crippen LogP contribution in [0.4, 0.5) is 4.79 Å². The van der Waals surface area contributed by atoms with E-state index in [1.807, 2.05) is 90.9 Å². The van der Waals surface area contributed by atoms with Crippen molar-refractivity contribution < 1.29 is 28.9 Å². The maximum absolute atomic E-state index is 14.7. The number of hydrogen-bond donors (Lipinski definition) is 1. The Morgan fingerprint density at radius 1 is 0.979 bits per heavy atom. The number of benzene rings is 2. The second-order valence-corrected chi connectivity index (χ2v) is 14.5. The van der Waals surface area contributed by atoms with Crippen molar-refractivity contribution in [1.29, 1.82) is 0 Å². The molecule has 3 aliphatic rings. The van der Waals surface area contributed by atoms with Gasteiger partial charge in [0, 0.05) is 38.4 Å². The third kappa shape index (κ3) is 7.93. The summed E-state index contributed by atoms with van der Waals surface area (Å²) in [5.41, 5.74) is 1.28. The Kier molecular flexibility index (Phi) is 10.5. The Morgan fingerprint density at radius 3 is 2.40 bits per heavy atom. The zero-order valence-corrected chi connectivity index (χ0v) is 28.6. The molecule has 3 atom stereocenters. The van der Waals surface area contributed by atoms with Gasteiger partial charge < -0.3 is 33.7 Å². The zero-order chi connectivity index (χ0) is 33.7. The molecule has 6 rings (SSSR count). The van der Waals surface area contributed by atoms with Crippen molar-refractivity contribution in [3.05, 3.63) is 78.2 Å². The topological polar surface area (TPSA) is 106 Å². The number of hydrogen-bond acceptors (Lipinski definition) is 7. The Balaban J connectivity index is 1.32. The minimum Gasteiger partial charge on any atom is -0.444 e. The fraction of sp³-hybridized carbons (Fsp3) is 0.553. The lowest BCUT2D eigenvalue weighted by molar-refractivity contribution is -0.131. The monoisotopic (exact) mass is 658 g/mol. The van der Waals surface area contributed by atoms with E-state index in [-0.39, 0.29) is 36.8 Å². The molecule has 3 heterocycles. The van der Waals surface area contributed by atoms with Crippen molar-refractivity contribution in [2.75, 3.05) is 39.5 Å². The Hall–Kier alpha value is -3.73. The van der Waals surface area contributed by atoms with Crippen LogP contribution in [0.1, 0.15) is 81.4 Å². The molecule has 1 N–H and O–H groups in total. The molecule has 1 aliphatic carbocycles. The smallest absolute Gasteiger partial charge is 0.410 e. The van der Waals surface area contributed by atoms with Crippen LogP contribution in [0.3, 0.4) is 0 Å². The maximum atomic E-state index is 14.7. The SMILES string of the molecule is CC(C)(C)OC(=O)N1CCN(C(=O)c2ncn(C3CCCCC3(O)COC3CCOCC3)c2-c2ccccc2)[C@H](Cc2ccccc2)C1. The standard InChI is InChI=1S/C38H50N4O6/c1-37(2,3)48-36(44)40-20-21-41(30(25-40)24-28-12-6-4-7-13-28)35(43)33-34(29-14-8-5-9-15-29)42(27-39-33)32-16-10-11-19-38(32,45)26-47-31-17-22-46-23-18-31/h4-9,12-15,27,30-32,45H,10-11,16-26H2,1-3H3/t30-,32?,38?/m1/s1. The van der Waals surface area contributed by atoms with Crippen molar-refractivity contribution in [2.45, 2.75) is 95.1 Å². The number of rotatable bonds is 8. The lowest BCUT2D eigenvalue weighted by atomic mass is 9.80. The van der Waals surface area contributed by atoms with E-state index in [9.17, 15) is 14.7 Å². The van der Waals surface area contributed by atoms with E-state index in [0.29, 0.717) is 57.1 Å². The molecule has 3 aromatic rings. The van der Waals surface area contributed by atoms with Gasteiger partial charge in [0.2, 0.25) is 0 Å². The fourth-order valence-corrected chi connectivity index (χ4v) is 7.32. The summed E-state index contributed by atoms with van der Waals surface area (Å²) >= 11 is 0. The van der Waals surface area contributed by atoms with Gasteiger partial charge >= 0.3 is 6.09 Å². The first-order chi connectivity index (χ1) is 23.1. The fourth-order valence-electron chi connectivity index (χ4n) is 7.32. The molecule has 1 saturated carbocycles. The number of ether oxygens (including phenoxy) is 3. The van der Waals surface area contributed by atoms with Crippen LogP contribution in [-0.4, -0.2) is 99.3 Å². The van der Waals surface area contributed by atoms with Crippen LogP contribution in [0.15, 0.2) is 67.0 Å². The van der Waals surface area contributed by atoms with Crippen molar-refractivity contribution in [2.24, 2.45) is 0 Å². The van der Waals surface area contributed by atoms with Crippen molar-refractivity contribution in [1.82, 2.24) is 19.4 Å². The number of piperazine rings is 1. The summed E-state index contributed by atoms with van der Waals surface area (Å²) in [7, 11) is 0. The second kappa shape index (κ2) is 14.8. The molecule has 0 bridgehead atoms. The van der Waals surface area contributed by atoms with Gasteiger partial charge in [-0.1, -0.05) is 73.5 Å². The number of nitrogens with zero attached hydrogens (tertiary/aromatic N) is 4. The van der Waals surface area contributed by atoms with Crippen LogP contribution in [0, 0.1) is 0 Å². The Labute approximate surface area is 284 Å². The molecule has 2 aliphatic heterocycles. The highest BCUT2D eigenvalue weighted by atomic mass is 16.6. The van der Waals surface area contributed by atoms with E-state index in [0.717, 1.165) is 43.2 Å². The van der Waals surface area contributed by atoms with Gasteiger partial charge in [-0.25, -0.2) is 9.78 Å². The quantitative estimate of drug-likeness (QED) is 0.322. The average Bonchev–Trinajstić information content (AvgIpc) is 3.53. The normalized spacial score (nSPS) is 24.0. The molecule has 2 aromatic carbocycles. The Morgan fingerprint density at radius 2 is 1.69 bits per heavy atom. The lowest BCUT2D eigenvalue weighted by Gasteiger charge is -2.42. The first kappa shape index (κ1) is 34.1. The van der Waals surface area contributed by atoms with Gasteiger partial charge in [-0.15, -0.1) is 0 Å². The van der Waals surface area contributed by atoms with Crippen molar-refractivity contribution in [3.8, 4) is 11.3 Å². The number of aliphatic hydroxyl groups is 1. The largest absolute Gasteiger partial charge is 0.444 e. The van der Waals surface area contributed by atoms with E-state index in [1.54, 1.807) is 11.2 Å². The summed E-state index contributed by atoms with van der Waals surface area (Å²) in [5, 5.41) is 12.2. The van der Waals surface area contributed by atoms with Crippen LogP contribution < -0.4 is 0 Å². The second-order valence-electron chi connectivity index (χ2n) is 14.5. The summed E-state index contributed by atoms with van der Waals surface area (Å²) in [5.74, 6) is -0.185. The summed E-state index contributed by atoms with van der Waals surface area (Å²) in [6.45, 7) is 8.22. The highest BCUT2D eigenvalue weighted by Crippen LogP contribution is 2.41. The number of imidazole rings is 1. The molecule has 1 aromatic heterocycles. The molecule has 2 amide bonds. The van der Waals surface area contributed by atoms with E-state index >= 15 is 0 Å². The third-order valence-electron chi connectivity index (χ3n) is 9.78. The summed E-state index contributed by atoms with van der Waals surface area (Å²) < 4.78 is 19.6. The first-order valence-corrected chi connectivity index (χ1v) is 17.5. The number of carbonyl (C=O) groups excluding carboxylic acids is 2. The van der Waals surface area contributed by atoms with Crippen LogP contribution in [-0.2, 0) is 20.6 Å². The maximum Gasteiger partial charge on any atom is 0.410 e. The van der Waals surface area contributed by atoms with Gasteiger partial charge in [0.15, 0.2) is 5.69 Å². The minimum atomic E-state index is -1.10. The molecule has 258 valence electrons. The predicted octanol–water partition coefficient (Wildman–Crippen LogP) is 5.90. The third-order valence-corrected chi connectivity index (χ3v) is 9.78. The van der Waals surface area contributed by atoms with Gasteiger partial charge in [-0.05, 0) is 58.4 Å². The lowest BCUT2D eigenvalue weighted by Crippen LogP contribution is -2.58. The molecule has 3 fully saturated rings. The van der Waals surface area contributed by atoms with E-state index in [4.69, 9.17) is 19.2 Å². The molecule has 10 nitrogen and oxygen atoms in total. The van der Waals surface area contributed by atoms with E-state index in [2.05, 4.69) is 0 Å². The molecule has 10 heteroatoms. The zero-order valence-electron chi connectivity index (χ0n) is 28.6. The van der Waals surface area contributed by atoms with Crippen LogP contribution >= 0.6 is 0 Å². The van der Waals surface area contributed by atoms with Crippen LogP contribution in [0.25, 0.3) is 11.3 Å². The van der Waals surface area contributed by atoms with Gasteiger partial charge in [0.05, 0.1) is 36.8 Å². The predicted molar refractivity (Wildman–Crippen MR) is 183 cm³/mol. The minimum absolute atomic E-state index is 0.0692.